The molecule has 3 heterocycles. The Kier molecular flexibility index (Phi) is 6.62. The van der Waals surface area contributed by atoms with Crippen molar-refractivity contribution in [1.82, 2.24) is 13.8 Å². The summed E-state index contributed by atoms with van der Waals surface area (Å²) in [6.07, 6.45) is 4.84. The summed E-state index contributed by atoms with van der Waals surface area (Å²) < 4.78 is 39.0. The molecule has 1 amide bonds. The highest BCUT2D eigenvalue weighted by Gasteiger charge is 2.23. The molecule has 39 heavy (non-hydrogen) atoms. The zero-order valence-electron chi connectivity index (χ0n) is 21.6. The van der Waals surface area contributed by atoms with Crippen molar-refractivity contribution in [2.75, 3.05) is 33.0 Å². The van der Waals surface area contributed by atoms with E-state index < -0.39 is 10.0 Å². The van der Waals surface area contributed by atoms with Crippen molar-refractivity contribution in [2.45, 2.75) is 18.4 Å². The van der Waals surface area contributed by atoms with E-state index in [0.29, 0.717) is 24.2 Å². The first-order valence-electron chi connectivity index (χ1n) is 12.9. The van der Waals surface area contributed by atoms with Gasteiger partial charge in [0.25, 0.3) is 10.0 Å². The Labute approximate surface area is 227 Å². The number of ether oxygens (including phenoxy) is 2. The van der Waals surface area contributed by atoms with Gasteiger partial charge in [-0.25, -0.2) is 12.4 Å². The number of hydrogen-bond acceptors (Lipinski definition) is 6. The molecule has 6 rings (SSSR count). The monoisotopic (exact) mass is 543 g/mol. The van der Waals surface area contributed by atoms with Crippen LogP contribution in [0.15, 0.2) is 83.9 Å². The van der Waals surface area contributed by atoms with Crippen LogP contribution in [0.2, 0.25) is 0 Å². The quantitative estimate of drug-likeness (QED) is 0.338. The Balaban J connectivity index is 1.14. The summed E-state index contributed by atoms with van der Waals surface area (Å²) in [6, 6.07) is 20.1. The van der Waals surface area contributed by atoms with Crippen LogP contribution in [0, 0.1) is 6.92 Å². The second kappa shape index (κ2) is 10.2. The van der Waals surface area contributed by atoms with Crippen LogP contribution in [0.1, 0.15) is 16.7 Å². The van der Waals surface area contributed by atoms with Crippen molar-refractivity contribution in [3.8, 4) is 11.5 Å². The molecule has 1 fully saturated rings. The van der Waals surface area contributed by atoms with Gasteiger partial charge in [-0.15, -0.1) is 0 Å². The average Bonchev–Trinajstić information content (AvgIpc) is 3.57. The maximum absolute atomic E-state index is 13.4. The molecule has 3 aromatic carbocycles. The van der Waals surface area contributed by atoms with Crippen LogP contribution in [-0.4, -0.2) is 61.1 Å². The van der Waals surface area contributed by atoms with E-state index in [1.807, 2.05) is 48.2 Å². The highest BCUT2D eigenvalue weighted by molar-refractivity contribution is 7.90. The topological polar surface area (TPSA) is 81.1 Å². The SMILES string of the molecule is Cc1ccc(S(=O)(=O)n2cc(/C=C/C(=O)N3CCN(Cc4ccc5c(c4)OCO5)CC3)c3ccccc32)cc1. The lowest BCUT2D eigenvalue weighted by Gasteiger charge is -2.34. The maximum atomic E-state index is 13.4. The first-order chi connectivity index (χ1) is 18.9. The molecule has 0 radical (unpaired) electrons. The predicted octanol–water partition coefficient (Wildman–Crippen LogP) is 4.27. The van der Waals surface area contributed by atoms with E-state index in [-0.39, 0.29) is 17.6 Å². The number of carbonyl (C=O) groups excluding carboxylic acids is 1. The van der Waals surface area contributed by atoms with Gasteiger partial charge in [0, 0.05) is 55.9 Å². The summed E-state index contributed by atoms with van der Waals surface area (Å²) in [5.41, 5.74) is 3.39. The van der Waals surface area contributed by atoms with Crippen molar-refractivity contribution < 1.29 is 22.7 Å². The van der Waals surface area contributed by atoms with Crippen molar-refractivity contribution in [3.63, 3.8) is 0 Å². The fourth-order valence-electron chi connectivity index (χ4n) is 5.02. The van der Waals surface area contributed by atoms with Crippen LogP contribution in [-0.2, 0) is 21.4 Å². The summed E-state index contributed by atoms with van der Waals surface area (Å²) in [5, 5.41) is 0.769. The summed E-state index contributed by atoms with van der Waals surface area (Å²) in [4.78, 5) is 17.4. The van der Waals surface area contributed by atoms with Gasteiger partial charge >= 0.3 is 0 Å². The number of carbonyl (C=O) groups is 1. The lowest BCUT2D eigenvalue weighted by molar-refractivity contribution is -0.127. The lowest BCUT2D eigenvalue weighted by atomic mass is 10.1. The summed E-state index contributed by atoms with van der Waals surface area (Å²) in [7, 11) is -3.79. The summed E-state index contributed by atoms with van der Waals surface area (Å²) in [6.45, 7) is 5.74. The Morgan fingerprint density at radius 1 is 0.923 bits per heavy atom. The molecule has 1 aromatic heterocycles. The molecule has 0 saturated carbocycles. The van der Waals surface area contributed by atoms with Gasteiger partial charge in [-0.3, -0.25) is 9.69 Å². The smallest absolute Gasteiger partial charge is 0.268 e. The summed E-state index contributed by atoms with van der Waals surface area (Å²) >= 11 is 0. The van der Waals surface area contributed by atoms with Crippen molar-refractivity contribution in [1.29, 1.82) is 0 Å². The van der Waals surface area contributed by atoms with Crippen LogP contribution in [0.5, 0.6) is 11.5 Å². The number of nitrogens with zero attached hydrogens (tertiary/aromatic N) is 3. The van der Waals surface area contributed by atoms with E-state index >= 15 is 0 Å². The van der Waals surface area contributed by atoms with Gasteiger partial charge < -0.3 is 14.4 Å². The van der Waals surface area contributed by atoms with Gasteiger partial charge in [0.2, 0.25) is 12.7 Å². The molecule has 0 bridgehead atoms. The van der Waals surface area contributed by atoms with E-state index in [9.17, 15) is 13.2 Å². The molecule has 1 saturated heterocycles. The van der Waals surface area contributed by atoms with Crippen molar-refractivity contribution >= 4 is 32.9 Å². The molecule has 9 heteroatoms. The van der Waals surface area contributed by atoms with Crippen LogP contribution < -0.4 is 9.47 Å². The maximum Gasteiger partial charge on any atom is 0.268 e. The molecule has 0 unspecified atom stereocenters. The highest BCUT2D eigenvalue weighted by Crippen LogP contribution is 2.33. The van der Waals surface area contributed by atoms with Crippen molar-refractivity contribution in [3.05, 3.63) is 95.7 Å². The van der Waals surface area contributed by atoms with Gasteiger partial charge in [-0.2, -0.15) is 0 Å². The van der Waals surface area contributed by atoms with E-state index in [2.05, 4.69) is 4.90 Å². The number of hydrogen-bond donors (Lipinski definition) is 0. The second-order valence-corrected chi connectivity index (χ2v) is 11.7. The third kappa shape index (κ3) is 5.03. The molecule has 200 valence electrons. The normalized spacial score (nSPS) is 15.9. The van der Waals surface area contributed by atoms with Crippen LogP contribution >= 0.6 is 0 Å². The minimum absolute atomic E-state index is 0.0871. The standard InChI is InChI=1S/C30H29N3O5S/c1-22-6-10-25(11-7-22)39(35,36)33-20-24(26-4-2-3-5-27(26)33)9-13-30(34)32-16-14-31(15-17-32)19-23-8-12-28-29(18-23)38-21-37-28/h2-13,18,20H,14-17,19,21H2,1H3/b13-9+. The van der Waals surface area contributed by atoms with E-state index in [4.69, 9.17) is 9.47 Å². The molecule has 2 aliphatic heterocycles. The van der Waals surface area contributed by atoms with Gasteiger partial charge in [0.15, 0.2) is 11.5 Å². The number of aryl methyl sites for hydroxylation is 1. The highest BCUT2D eigenvalue weighted by atomic mass is 32.2. The number of rotatable bonds is 6. The Morgan fingerprint density at radius 3 is 2.46 bits per heavy atom. The number of piperazine rings is 1. The third-order valence-corrected chi connectivity index (χ3v) is 8.91. The van der Waals surface area contributed by atoms with Gasteiger partial charge in [-0.05, 0) is 48.9 Å². The fourth-order valence-corrected chi connectivity index (χ4v) is 6.40. The minimum Gasteiger partial charge on any atom is -0.454 e. The number of amides is 1. The molecular weight excluding hydrogens is 514 g/mol. The Bertz CT molecular complexity index is 1670. The lowest BCUT2D eigenvalue weighted by Crippen LogP contribution is -2.47. The van der Waals surface area contributed by atoms with Crippen LogP contribution in [0.3, 0.4) is 0 Å². The van der Waals surface area contributed by atoms with Gasteiger partial charge in [0.1, 0.15) is 0 Å². The van der Waals surface area contributed by atoms with E-state index in [1.54, 1.807) is 42.6 Å². The number of aromatic nitrogens is 1. The molecule has 0 N–H and O–H groups in total. The molecule has 0 aliphatic carbocycles. The molecule has 0 spiro atoms. The Morgan fingerprint density at radius 2 is 1.67 bits per heavy atom. The molecular formula is C30H29N3O5S. The number of benzene rings is 3. The van der Waals surface area contributed by atoms with Crippen LogP contribution in [0.25, 0.3) is 17.0 Å². The minimum atomic E-state index is -3.79. The molecule has 8 nitrogen and oxygen atoms in total. The third-order valence-electron chi connectivity index (χ3n) is 7.22. The number of fused-ring (bicyclic) bond motifs is 2. The summed E-state index contributed by atoms with van der Waals surface area (Å²) in [5.74, 6) is 1.47. The van der Waals surface area contributed by atoms with E-state index in [0.717, 1.165) is 47.6 Å². The fraction of sp³-hybridized carbons (Fsp3) is 0.233. The molecule has 2 aliphatic rings. The first-order valence-corrected chi connectivity index (χ1v) is 14.3. The largest absolute Gasteiger partial charge is 0.454 e. The van der Waals surface area contributed by atoms with Crippen molar-refractivity contribution in [2.24, 2.45) is 0 Å². The molecule has 0 atom stereocenters. The van der Waals surface area contributed by atoms with Crippen LogP contribution in [0.4, 0.5) is 0 Å². The molecule has 4 aromatic rings. The average molecular weight is 544 g/mol. The predicted molar refractivity (Wildman–Crippen MR) is 149 cm³/mol. The van der Waals surface area contributed by atoms with Gasteiger partial charge in [0.05, 0.1) is 10.4 Å². The Hall–Kier alpha value is -4.08. The zero-order valence-corrected chi connectivity index (χ0v) is 22.4. The second-order valence-electron chi connectivity index (χ2n) is 9.84. The number of para-hydroxylation sites is 1. The van der Waals surface area contributed by atoms with E-state index in [1.165, 1.54) is 10.0 Å². The van der Waals surface area contributed by atoms with Gasteiger partial charge in [-0.1, -0.05) is 42.0 Å². The zero-order chi connectivity index (χ0) is 27.0. The first kappa shape index (κ1) is 25.2.